The Labute approximate surface area is 148 Å². The second kappa shape index (κ2) is 7.49. The van der Waals surface area contributed by atoms with Crippen LogP contribution >= 0.6 is 0 Å². The Bertz CT molecular complexity index is 694. The molecule has 1 aromatic carbocycles. The predicted molar refractivity (Wildman–Crippen MR) is 96.1 cm³/mol. The number of halogens is 1. The summed E-state index contributed by atoms with van der Waals surface area (Å²) in [5, 5.41) is 4.55. The molecule has 1 fully saturated rings. The quantitative estimate of drug-likeness (QED) is 0.829. The van der Waals surface area contributed by atoms with Gasteiger partial charge in [-0.25, -0.2) is 9.07 Å². The zero-order chi connectivity index (χ0) is 18.0. The van der Waals surface area contributed by atoms with Crippen molar-refractivity contribution in [2.24, 2.45) is 7.05 Å². The molecule has 25 heavy (non-hydrogen) atoms. The molecule has 1 aliphatic heterocycles. The average Bonchev–Trinajstić information content (AvgIpc) is 3.03. The zero-order valence-electron chi connectivity index (χ0n) is 15.3. The van der Waals surface area contributed by atoms with Gasteiger partial charge in [0.05, 0.1) is 6.10 Å². The molecule has 0 saturated carbocycles. The van der Waals surface area contributed by atoms with Crippen LogP contribution in [0.3, 0.4) is 0 Å². The average molecular weight is 347 g/mol. The number of nitrogens with zero attached hydrogens (tertiary/aromatic N) is 5. The smallest absolute Gasteiger partial charge is 0.245 e. The highest BCUT2D eigenvalue weighted by molar-refractivity contribution is 5.57. The third kappa shape index (κ3) is 3.82. The van der Waals surface area contributed by atoms with E-state index in [9.17, 15) is 4.39 Å². The number of benzene rings is 1. The maximum atomic E-state index is 13.1. The summed E-state index contributed by atoms with van der Waals surface area (Å²) in [7, 11) is 3.62. The van der Waals surface area contributed by atoms with E-state index in [1.807, 2.05) is 7.05 Å². The van der Waals surface area contributed by atoms with E-state index in [1.54, 1.807) is 23.9 Å². The van der Waals surface area contributed by atoms with Crippen molar-refractivity contribution in [3.05, 3.63) is 30.1 Å². The van der Waals surface area contributed by atoms with Gasteiger partial charge in [0.15, 0.2) is 5.82 Å². The van der Waals surface area contributed by atoms with Crippen molar-refractivity contribution in [1.82, 2.24) is 19.7 Å². The summed E-state index contributed by atoms with van der Waals surface area (Å²) in [4.78, 5) is 9.31. The molecule has 1 saturated heterocycles. The first-order valence-corrected chi connectivity index (χ1v) is 8.68. The van der Waals surface area contributed by atoms with Gasteiger partial charge in [-0.3, -0.25) is 4.90 Å². The molecule has 1 aliphatic rings. The summed E-state index contributed by atoms with van der Waals surface area (Å²) in [5.74, 6) is 1.23. The Morgan fingerprint density at radius 3 is 2.32 bits per heavy atom. The third-order valence-corrected chi connectivity index (χ3v) is 5.08. The molecule has 3 rings (SSSR count). The minimum atomic E-state index is -0.248. The lowest BCUT2D eigenvalue weighted by Crippen LogP contribution is -2.52. The number of hydrogen-bond acceptors (Lipinski definition) is 5. The molecule has 2 aromatic rings. The Hall–Kier alpha value is -1.99. The third-order valence-electron chi connectivity index (χ3n) is 5.08. The number of ether oxygens (including phenoxy) is 1. The molecule has 0 aliphatic carbocycles. The van der Waals surface area contributed by atoms with Crippen LogP contribution in [0, 0.1) is 5.82 Å². The van der Waals surface area contributed by atoms with Gasteiger partial charge in [-0.1, -0.05) is 0 Å². The number of hydrogen-bond donors (Lipinski definition) is 0. The summed E-state index contributed by atoms with van der Waals surface area (Å²) in [6.07, 6.45) is 0.213. The fourth-order valence-electron chi connectivity index (χ4n) is 3.18. The van der Waals surface area contributed by atoms with Crippen molar-refractivity contribution >= 4 is 5.95 Å². The molecule has 136 valence electrons. The molecular formula is C18H26FN5O. The van der Waals surface area contributed by atoms with Crippen LogP contribution in [0.4, 0.5) is 10.3 Å². The van der Waals surface area contributed by atoms with E-state index in [2.05, 4.69) is 33.7 Å². The maximum Gasteiger partial charge on any atom is 0.245 e. The lowest BCUT2D eigenvalue weighted by Gasteiger charge is -2.39. The van der Waals surface area contributed by atoms with Crippen LogP contribution in [-0.4, -0.2) is 65.1 Å². The number of aryl methyl sites for hydroxylation is 1. The molecule has 0 bridgehead atoms. The van der Waals surface area contributed by atoms with Crippen molar-refractivity contribution < 1.29 is 9.13 Å². The maximum absolute atomic E-state index is 13.1. The van der Waals surface area contributed by atoms with Gasteiger partial charge in [-0.05, 0) is 38.1 Å². The number of piperazine rings is 1. The van der Waals surface area contributed by atoms with E-state index in [4.69, 9.17) is 4.74 Å². The van der Waals surface area contributed by atoms with Crippen molar-refractivity contribution in [2.45, 2.75) is 26.0 Å². The summed E-state index contributed by atoms with van der Waals surface area (Å²) >= 11 is 0. The van der Waals surface area contributed by atoms with Crippen LogP contribution in [0.2, 0.25) is 0 Å². The Morgan fingerprint density at radius 1 is 1.08 bits per heavy atom. The normalized spacial score (nSPS) is 18.4. The van der Waals surface area contributed by atoms with Gasteiger partial charge in [-0.2, -0.15) is 4.98 Å². The van der Waals surface area contributed by atoms with Crippen molar-refractivity contribution in [3.8, 4) is 11.4 Å². The zero-order valence-corrected chi connectivity index (χ0v) is 15.3. The topological polar surface area (TPSA) is 46.4 Å². The Morgan fingerprint density at radius 2 is 1.72 bits per heavy atom. The Kier molecular flexibility index (Phi) is 5.34. The van der Waals surface area contributed by atoms with Gasteiger partial charge in [0.2, 0.25) is 5.95 Å². The first kappa shape index (κ1) is 17.8. The van der Waals surface area contributed by atoms with Crippen LogP contribution in [0.25, 0.3) is 11.4 Å². The molecule has 1 unspecified atom stereocenters. The molecule has 7 heteroatoms. The minimum absolute atomic E-state index is 0.213. The number of rotatable bonds is 5. The summed E-state index contributed by atoms with van der Waals surface area (Å²) < 4.78 is 20.3. The lowest BCUT2D eigenvalue weighted by molar-refractivity contribution is 0.0310. The monoisotopic (exact) mass is 347 g/mol. The molecule has 6 nitrogen and oxygen atoms in total. The van der Waals surface area contributed by atoms with E-state index in [0.29, 0.717) is 6.04 Å². The van der Waals surface area contributed by atoms with E-state index in [-0.39, 0.29) is 11.9 Å². The first-order valence-electron chi connectivity index (χ1n) is 8.68. The van der Waals surface area contributed by atoms with Crippen molar-refractivity contribution in [3.63, 3.8) is 0 Å². The molecule has 2 atom stereocenters. The van der Waals surface area contributed by atoms with Crippen LogP contribution in [0.1, 0.15) is 13.8 Å². The van der Waals surface area contributed by atoms with Gasteiger partial charge < -0.3 is 9.64 Å². The molecule has 0 N–H and O–H groups in total. The molecular weight excluding hydrogens is 321 g/mol. The number of aromatic nitrogens is 3. The van der Waals surface area contributed by atoms with Gasteiger partial charge in [0.1, 0.15) is 5.82 Å². The summed E-state index contributed by atoms with van der Waals surface area (Å²) in [5.41, 5.74) is 0.865. The first-order chi connectivity index (χ1) is 12.0. The SMILES string of the molecule is CO[C@H](C)C(C)N1CCN(c2nc(-c3ccc(F)cc3)n(C)n2)CC1. The largest absolute Gasteiger partial charge is 0.380 e. The fourth-order valence-corrected chi connectivity index (χ4v) is 3.18. The predicted octanol–water partition coefficient (Wildman–Crippen LogP) is 2.17. The van der Waals surface area contributed by atoms with Crippen LogP contribution < -0.4 is 4.90 Å². The van der Waals surface area contributed by atoms with E-state index >= 15 is 0 Å². The standard InChI is InChI=1S/C18H26FN5O/c1-13(14(2)25-4)23-9-11-24(12-10-23)18-20-17(22(3)21-18)15-5-7-16(19)8-6-15/h5-8,13-14H,9-12H2,1-4H3/t13?,14-/m1/s1. The highest BCUT2D eigenvalue weighted by Crippen LogP contribution is 2.21. The second-order valence-electron chi connectivity index (χ2n) is 6.57. The van der Waals surface area contributed by atoms with E-state index in [0.717, 1.165) is 43.5 Å². The van der Waals surface area contributed by atoms with Gasteiger partial charge in [0, 0.05) is 51.9 Å². The van der Waals surface area contributed by atoms with Gasteiger partial charge in [0.25, 0.3) is 0 Å². The summed E-state index contributed by atoms with van der Waals surface area (Å²) in [6.45, 7) is 7.99. The van der Waals surface area contributed by atoms with E-state index < -0.39 is 0 Å². The minimum Gasteiger partial charge on any atom is -0.380 e. The second-order valence-corrected chi connectivity index (χ2v) is 6.57. The number of methoxy groups -OCH3 is 1. The highest BCUT2D eigenvalue weighted by atomic mass is 19.1. The highest BCUT2D eigenvalue weighted by Gasteiger charge is 2.26. The van der Waals surface area contributed by atoms with Crippen LogP contribution in [0.15, 0.2) is 24.3 Å². The molecule has 2 heterocycles. The molecule has 0 spiro atoms. The van der Waals surface area contributed by atoms with Gasteiger partial charge in [-0.15, -0.1) is 5.10 Å². The van der Waals surface area contributed by atoms with Crippen LogP contribution in [-0.2, 0) is 11.8 Å². The van der Waals surface area contributed by atoms with Crippen molar-refractivity contribution in [1.29, 1.82) is 0 Å². The molecule has 0 radical (unpaired) electrons. The van der Waals surface area contributed by atoms with Crippen molar-refractivity contribution in [2.75, 3.05) is 38.2 Å². The molecule has 0 amide bonds. The lowest BCUT2D eigenvalue weighted by atomic mass is 10.1. The summed E-state index contributed by atoms with van der Waals surface area (Å²) in [6, 6.07) is 6.74. The van der Waals surface area contributed by atoms with Gasteiger partial charge >= 0.3 is 0 Å². The number of anilines is 1. The Balaban J connectivity index is 1.68. The van der Waals surface area contributed by atoms with E-state index in [1.165, 1.54) is 12.1 Å². The fraction of sp³-hybridized carbons (Fsp3) is 0.556. The van der Waals surface area contributed by atoms with Crippen LogP contribution in [0.5, 0.6) is 0 Å². The molecule has 1 aromatic heterocycles.